The Hall–Kier alpha value is -2.15. The summed E-state index contributed by atoms with van der Waals surface area (Å²) in [5, 5.41) is 13.1. The highest BCUT2D eigenvalue weighted by molar-refractivity contribution is 7.10. The molecule has 0 fully saturated rings. The van der Waals surface area contributed by atoms with Crippen molar-refractivity contribution in [3.05, 3.63) is 28.5 Å². The van der Waals surface area contributed by atoms with E-state index in [-0.39, 0.29) is 12.8 Å². The molecule has 102 valence electrons. The van der Waals surface area contributed by atoms with Crippen LogP contribution in [0.4, 0.5) is 0 Å². The largest absolute Gasteiger partial charge is 0.480 e. The lowest BCUT2D eigenvalue weighted by Crippen LogP contribution is -2.40. The summed E-state index contributed by atoms with van der Waals surface area (Å²) in [5.74, 6) is -2.32. The van der Waals surface area contributed by atoms with Crippen LogP contribution in [0.15, 0.2) is 23.6 Å². The van der Waals surface area contributed by atoms with Gasteiger partial charge in [0.1, 0.15) is 6.04 Å². The van der Waals surface area contributed by atoms with Gasteiger partial charge in [-0.2, -0.15) is 0 Å². The van der Waals surface area contributed by atoms with Gasteiger partial charge in [-0.3, -0.25) is 9.59 Å². The molecule has 1 heterocycles. The highest BCUT2D eigenvalue weighted by atomic mass is 32.1. The van der Waals surface area contributed by atoms with Crippen LogP contribution in [0.5, 0.6) is 0 Å². The Kier molecular flexibility index (Phi) is 5.74. The maximum Gasteiger partial charge on any atom is 0.326 e. The van der Waals surface area contributed by atoms with Crippen LogP contribution >= 0.6 is 11.3 Å². The second-order valence-electron chi connectivity index (χ2n) is 3.75. The molecular weight excluding hydrogens is 268 g/mol. The van der Waals surface area contributed by atoms with Gasteiger partial charge in [0.2, 0.25) is 11.8 Å². The van der Waals surface area contributed by atoms with E-state index in [1.54, 1.807) is 6.08 Å². The highest BCUT2D eigenvalue weighted by Gasteiger charge is 2.19. The maximum absolute atomic E-state index is 11.5. The summed E-state index contributed by atoms with van der Waals surface area (Å²) in [6.45, 7) is 0. The van der Waals surface area contributed by atoms with Crippen LogP contribution < -0.4 is 11.1 Å². The first kappa shape index (κ1) is 14.9. The van der Waals surface area contributed by atoms with E-state index in [0.29, 0.717) is 0 Å². The third kappa shape index (κ3) is 5.82. The van der Waals surface area contributed by atoms with E-state index in [0.717, 1.165) is 4.88 Å². The first-order chi connectivity index (χ1) is 8.99. The SMILES string of the molecule is NC(=O)CCC(NC(=O)/C=C/c1cccs1)C(=O)O. The van der Waals surface area contributed by atoms with Crippen molar-refractivity contribution in [3.63, 3.8) is 0 Å². The molecule has 0 spiro atoms. The molecule has 0 saturated carbocycles. The van der Waals surface area contributed by atoms with Gasteiger partial charge in [-0.1, -0.05) is 6.07 Å². The van der Waals surface area contributed by atoms with Gasteiger partial charge in [0.25, 0.3) is 0 Å². The van der Waals surface area contributed by atoms with Crippen molar-refractivity contribution in [2.24, 2.45) is 5.73 Å². The van der Waals surface area contributed by atoms with Crippen LogP contribution in [0.25, 0.3) is 6.08 Å². The molecule has 1 unspecified atom stereocenters. The van der Waals surface area contributed by atoms with Crippen molar-refractivity contribution in [1.82, 2.24) is 5.32 Å². The molecule has 0 aliphatic rings. The Labute approximate surface area is 113 Å². The predicted molar refractivity (Wildman–Crippen MR) is 71.3 cm³/mol. The Morgan fingerprint density at radius 1 is 1.47 bits per heavy atom. The van der Waals surface area contributed by atoms with Gasteiger partial charge in [0, 0.05) is 17.4 Å². The monoisotopic (exact) mass is 282 g/mol. The lowest BCUT2D eigenvalue weighted by atomic mass is 10.1. The average Bonchev–Trinajstić information content (AvgIpc) is 2.84. The lowest BCUT2D eigenvalue weighted by Gasteiger charge is -2.11. The fourth-order valence-electron chi connectivity index (χ4n) is 1.31. The molecule has 1 rings (SSSR count). The van der Waals surface area contributed by atoms with E-state index in [1.807, 2.05) is 17.5 Å². The Morgan fingerprint density at radius 2 is 2.21 bits per heavy atom. The lowest BCUT2D eigenvalue weighted by molar-refractivity contribution is -0.141. The summed E-state index contributed by atoms with van der Waals surface area (Å²) < 4.78 is 0. The molecule has 0 saturated heterocycles. The Morgan fingerprint density at radius 3 is 2.74 bits per heavy atom. The number of carboxylic acid groups (broad SMARTS) is 1. The predicted octanol–water partition coefficient (Wildman–Crippen LogP) is 0.596. The molecule has 1 aromatic rings. The van der Waals surface area contributed by atoms with Crippen molar-refractivity contribution in [2.75, 3.05) is 0 Å². The number of amides is 2. The summed E-state index contributed by atoms with van der Waals surface area (Å²) in [4.78, 5) is 33.9. The fourth-order valence-corrected chi connectivity index (χ4v) is 1.93. The van der Waals surface area contributed by atoms with Crippen LogP contribution in [0.3, 0.4) is 0 Å². The number of primary amides is 1. The zero-order valence-electron chi connectivity index (χ0n) is 10.0. The van der Waals surface area contributed by atoms with Gasteiger partial charge in [0.15, 0.2) is 0 Å². The van der Waals surface area contributed by atoms with E-state index in [4.69, 9.17) is 10.8 Å². The molecule has 7 heteroatoms. The molecule has 4 N–H and O–H groups in total. The van der Waals surface area contributed by atoms with Crippen LogP contribution in [0.2, 0.25) is 0 Å². The number of rotatable bonds is 7. The van der Waals surface area contributed by atoms with Crippen LogP contribution in [-0.4, -0.2) is 28.9 Å². The van der Waals surface area contributed by atoms with Crippen molar-refractivity contribution < 1.29 is 19.5 Å². The van der Waals surface area contributed by atoms with E-state index in [9.17, 15) is 14.4 Å². The topological polar surface area (TPSA) is 109 Å². The molecule has 2 amide bonds. The number of aliphatic carboxylic acids is 1. The van der Waals surface area contributed by atoms with Crippen molar-refractivity contribution in [2.45, 2.75) is 18.9 Å². The number of carboxylic acids is 1. The smallest absolute Gasteiger partial charge is 0.326 e. The van der Waals surface area contributed by atoms with Gasteiger partial charge in [-0.15, -0.1) is 11.3 Å². The van der Waals surface area contributed by atoms with Crippen LogP contribution in [-0.2, 0) is 14.4 Å². The molecule has 0 aliphatic carbocycles. The first-order valence-electron chi connectivity index (χ1n) is 5.52. The Bertz CT molecular complexity index is 482. The van der Waals surface area contributed by atoms with E-state index in [1.165, 1.54) is 17.4 Å². The Balaban J connectivity index is 2.51. The molecule has 0 aromatic carbocycles. The minimum Gasteiger partial charge on any atom is -0.480 e. The molecular formula is C12H14N2O4S. The fraction of sp³-hybridized carbons (Fsp3) is 0.250. The molecule has 1 aromatic heterocycles. The highest BCUT2D eigenvalue weighted by Crippen LogP contribution is 2.10. The molecule has 0 radical (unpaired) electrons. The maximum atomic E-state index is 11.5. The van der Waals surface area contributed by atoms with Crippen molar-refractivity contribution >= 4 is 35.2 Å². The zero-order valence-corrected chi connectivity index (χ0v) is 10.9. The summed E-state index contributed by atoms with van der Waals surface area (Å²) in [6, 6.07) is 2.55. The zero-order chi connectivity index (χ0) is 14.3. The molecule has 1 atom stereocenters. The number of nitrogens with two attached hydrogens (primary N) is 1. The van der Waals surface area contributed by atoms with Gasteiger partial charge < -0.3 is 16.2 Å². The second-order valence-corrected chi connectivity index (χ2v) is 4.73. The normalized spacial score (nSPS) is 12.2. The summed E-state index contributed by atoms with van der Waals surface area (Å²) in [7, 11) is 0. The number of nitrogens with one attached hydrogen (secondary N) is 1. The minimum atomic E-state index is -1.20. The molecule has 0 bridgehead atoms. The summed E-state index contributed by atoms with van der Waals surface area (Å²) in [5.41, 5.74) is 4.94. The van der Waals surface area contributed by atoms with Crippen molar-refractivity contribution in [1.29, 1.82) is 0 Å². The van der Waals surface area contributed by atoms with Gasteiger partial charge in [0.05, 0.1) is 0 Å². The minimum absolute atomic E-state index is 0.0246. The number of hydrogen-bond donors (Lipinski definition) is 3. The summed E-state index contributed by atoms with van der Waals surface area (Å²) in [6.07, 6.45) is 2.73. The standard InChI is InChI=1S/C12H14N2O4S/c13-10(15)5-4-9(12(17)18)14-11(16)6-3-8-2-1-7-19-8/h1-3,6-7,9H,4-5H2,(H2,13,15)(H,14,16)(H,17,18)/b6-3+. The average molecular weight is 282 g/mol. The molecule has 0 aliphatic heterocycles. The summed E-state index contributed by atoms with van der Waals surface area (Å²) >= 11 is 1.46. The van der Waals surface area contributed by atoms with Gasteiger partial charge in [-0.05, 0) is 23.9 Å². The van der Waals surface area contributed by atoms with Crippen LogP contribution in [0.1, 0.15) is 17.7 Å². The van der Waals surface area contributed by atoms with Gasteiger partial charge in [-0.25, -0.2) is 4.79 Å². The van der Waals surface area contributed by atoms with Gasteiger partial charge >= 0.3 is 5.97 Å². The molecule has 19 heavy (non-hydrogen) atoms. The third-order valence-corrected chi connectivity index (χ3v) is 3.07. The first-order valence-corrected chi connectivity index (χ1v) is 6.40. The number of carbonyl (C=O) groups is 3. The second kappa shape index (κ2) is 7.32. The van der Waals surface area contributed by atoms with E-state index >= 15 is 0 Å². The van der Waals surface area contributed by atoms with Crippen molar-refractivity contribution in [3.8, 4) is 0 Å². The third-order valence-electron chi connectivity index (χ3n) is 2.24. The quantitative estimate of drug-likeness (QED) is 0.636. The number of thiophene rings is 1. The number of carbonyl (C=O) groups excluding carboxylic acids is 2. The van der Waals surface area contributed by atoms with E-state index < -0.39 is 23.8 Å². The van der Waals surface area contributed by atoms with Crippen LogP contribution in [0, 0.1) is 0 Å². The number of hydrogen-bond acceptors (Lipinski definition) is 4. The van der Waals surface area contributed by atoms with E-state index in [2.05, 4.69) is 5.32 Å². The molecule has 6 nitrogen and oxygen atoms in total.